The number of hydrogen-bond acceptors (Lipinski definition) is 2. The highest BCUT2D eigenvalue weighted by Gasteiger charge is 2.08. The van der Waals surface area contributed by atoms with Crippen LogP contribution in [-0.4, -0.2) is 5.91 Å². The van der Waals surface area contributed by atoms with Crippen LogP contribution in [0.15, 0.2) is 36.4 Å². The summed E-state index contributed by atoms with van der Waals surface area (Å²) in [5.74, 6) is -0.270. The lowest BCUT2D eigenvalue weighted by atomic mass is 10.1. The molecular formula is C14H12Cl2N2O. The summed E-state index contributed by atoms with van der Waals surface area (Å²) in [5.41, 5.74) is 8.39. The van der Waals surface area contributed by atoms with E-state index in [4.69, 9.17) is 28.9 Å². The lowest BCUT2D eigenvalue weighted by molar-refractivity contribution is 0.102. The molecule has 3 nitrogen and oxygen atoms in total. The average molecular weight is 295 g/mol. The van der Waals surface area contributed by atoms with Gasteiger partial charge in [-0.3, -0.25) is 4.79 Å². The molecule has 98 valence electrons. The molecule has 0 heterocycles. The minimum absolute atomic E-state index is 0.270. The zero-order valence-electron chi connectivity index (χ0n) is 10.2. The Morgan fingerprint density at radius 1 is 1.11 bits per heavy atom. The van der Waals surface area contributed by atoms with Crippen molar-refractivity contribution >= 4 is 40.5 Å². The summed E-state index contributed by atoms with van der Waals surface area (Å²) in [7, 11) is 0. The second kappa shape index (κ2) is 5.51. The van der Waals surface area contributed by atoms with Crippen LogP contribution in [0, 0.1) is 6.92 Å². The molecule has 0 saturated carbocycles. The largest absolute Gasteiger partial charge is 0.399 e. The van der Waals surface area contributed by atoms with Gasteiger partial charge in [-0.1, -0.05) is 23.2 Å². The molecule has 0 saturated heterocycles. The van der Waals surface area contributed by atoms with Crippen LogP contribution in [0.4, 0.5) is 11.4 Å². The van der Waals surface area contributed by atoms with Gasteiger partial charge in [0.05, 0.1) is 0 Å². The number of nitrogens with two attached hydrogens (primary N) is 1. The highest BCUT2D eigenvalue weighted by molar-refractivity contribution is 6.35. The quantitative estimate of drug-likeness (QED) is 0.818. The maximum absolute atomic E-state index is 12.1. The Morgan fingerprint density at radius 3 is 2.32 bits per heavy atom. The molecule has 0 aliphatic rings. The first-order chi connectivity index (χ1) is 8.95. The summed E-state index contributed by atoms with van der Waals surface area (Å²) in [4.78, 5) is 12.1. The van der Waals surface area contributed by atoms with E-state index in [0.717, 1.165) is 5.56 Å². The number of hydrogen-bond donors (Lipinski definition) is 2. The van der Waals surface area contributed by atoms with Crippen molar-refractivity contribution in [3.63, 3.8) is 0 Å². The van der Waals surface area contributed by atoms with Crippen molar-refractivity contribution in [3.05, 3.63) is 57.6 Å². The van der Waals surface area contributed by atoms with E-state index in [1.807, 2.05) is 6.92 Å². The summed E-state index contributed by atoms with van der Waals surface area (Å²) in [6, 6.07) is 9.99. The second-order valence-corrected chi connectivity index (χ2v) is 5.06. The van der Waals surface area contributed by atoms with Crippen LogP contribution in [-0.2, 0) is 0 Å². The number of aryl methyl sites for hydroxylation is 1. The van der Waals surface area contributed by atoms with E-state index in [9.17, 15) is 4.79 Å². The molecule has 5 heteroatoms. The van der Waals surface area contributed by atoms with Crippen molar-refractivity contribution < 1.29 is 4.79 Å². The van der Waals surface area contributed by atoms with Gasteiger partial charge >= 0.3 is 0 Å². The van der Waals surface area contributed by atoms with E-state index in [1.165, 1.54) is 0 Å². The van der Waals surface area contributed by atoms with E-state index >= 15 is 0 Å². The highest BCUT2D eigenvalue weighted by atomic mass is 35.5. The van der Waals surface area contributed by atoms with Gasteiger partial charge in [-0.25, -0.2) is 0 Å². The van der Waals surface area contributed by atoms with E-state index in [-0.39, 0.29) is 5.91 Å². The molecule has 0 fully saturated rings. The maximum atomic E-state index is 12.1. The molecule has 0 radical (unpaired) electrons. The summed E-state index contributed by atoms with van der Waals surface area (Å²) in [6.45, 7) is 1.88. The fraction of sp³-hybridized carbons (Fsp3) is 0.0714. The fourth-order valence-electron chi connectivity index (χ4n) is 1.64. The highest BCUT2D eigenvalue weighted by Crippen LogP contribution is 2.21. The van der Waals surface area contributed by atoms with Gasteiger partial charge in [0.2, 0.25) is 0 Å². The first kappa shape index (κ1) is 13.7. The number of benzene rings is 2. The van der Waals surface area contributed by atoms with Crippen LogP contribution in [0.1, 0.15) is 15.9 Å². The van der Waals surface area contributed by atoms with Crippen molar-refractivity contribution in [1.29, 1.82) is 0 Å². The van der Waals surface area contributed by atoms with Crippen molar-refractivity contribution in [2.45, 2.75) is 6.92 Å². The number of rotatable bonds is 2. The monoisotopic (exact) mass is 294 g/mol. The Balaban J connectivity index is 2.22. The standard InChI is InChI=1S/C14H12Cl2N2O/c1-8-4-12(2-3-13(8)17)18-14(19)9-5-10(15)7-11(16)6-9/h2-7H,17H2,1H3,(H,18,19). The Bertz CT molecular complexity index is 621. The van der Waals surface area contributed by atoms with Crippen molar-refractivity contribution in [2.75, 3.05) is 11.1 Å². The molecule has 2 aromatic rings. The van der Waals surface area contributed by atoms with Crippen LogP contribution in [0.3, 0.4) is 0 Å². The number of carbonyl (C=O) groups is 1. The van der Waals surface area contributed by atoms with Gasteiger partial charge in [-0.05, 0) is 48.9 Å². The van der Waals surface area contributed by atoms with Gasteiger partial charge < -0.3 is 11.1 Å². The normalized spacial score (nSPS) is 10.3. The third-order valence-electron chi connectivity index (χ3n) is 2.65. The fourth-order valence-corrected chi connectivity index (χ4v) is 2.17. The number of nitrogens with one attached hydrogen (secondary N) is 1. The summed E-state index contributed by atoms with van der Waals surface area (Å²) < 4.78 is 0. The molecule has 0 aliphatic heterocycles. The van der Waals surface area contributed by atoms with Gasteiger partial charge in [-0.15, -0.1) is 0 Å². The van der Waals surface area contributed by atoms with Gasteiger partial charge in [-0.2, -0.15) is 0 Å². The molecule has 2 rings (SSSR count). The number of anilines is 2. The zero-order chi connectivity index (χ0) is 14.0. The Hall–Kier alpha value is -1.71. The number of halogens is 2. The van der Waals surface area contributed by atoms with Crippen LogP contribution in [0.25, 0.3) is 0 Å². The number of carbonyl (C=O) groups excluding carboxylic acids is 1. The van der Waals surface area contributed by atoms with Gasteiger partial charge in [0.15, 0.2) is 0 Å². The molecule has 0 unspecified atom stereocenters. The first-order valence-electron chi connectivity index (χ1n) is 5.59. The molecule has 0 aliphatic carbocycles. The van der Waals surface area contributed by atoms with E-state index in [2.05, 4.69) is 5.32 Å². The minimum atomic E-state index is -0.270. The lowest BCUT2D eigenvalue weighted by Crippen LogP contribution is -2.12. The number of amides is 1. The average Bonchev–Trinajstić information content (AvgIpc) is 2.32. The molecule has 1 amide bonds. The van der Waals surface area contributed by atoms with E-state index in [1.54, 1.807) is 36.4 Å². The Morgan fingerprint density at radius 2 is 1.74 bits per heavy atom. The second-order valence-electron chi connectivity index (χ2n) is 4.18. The maximum Gasteiger partial charge on any atom is 0.255 e. The Kier molecular flexibility index (Phi) is 3.98. The molecular weight excluding hydrogens is 283 g/mol. The van der Waals surface area contributed by atoms with E-state index < -0.39 is 0 Å². The summed E-state index contributed by atoms with van der Waals surface area (Å²) >= 11 is 11.7. The Labute approximate surface area is 121 Å². The SMILES string of the molecule is Cc1cc(NC(=O)c2cc(Cl)cc(Cl)c2)ccc1N. The van der Waals surface area contributed by atoms with Crippen molar-refractivity contribution in [2.24, 2.45) is 0 Å². The van der Waals surface area contributed by atoms with Crippen LogP contribution in [0.5, 0.6) is 0 Å². The molecule has 3 N–H and O–H groups in total. The smallest absolute Gasteiger partial charge is 0.255 e. The van der Waals surface area contributed by atoms with Gasteiger partial charge in [0.25, 0.3) is 5.91 Å². The predicted molar refractivity (Wildman–Crippen MR) is 80.0 cm³/mol. The number of nitrogen functional groups attached to an aromatic ring is 1. The lowest BCUT2D eigenvalue weighted by Gasteiger charge is -2.08. The summed E-state index contributed by atoms with van der Waals surface area (Å²) in [5, 5.41) is 3.61. The molecule has 2 aromatic carbocycles. The van der Waals surface area contributed by atoms with Crippen molar-refractivity contribution in [3.8, 4) is 0 Å². The zero-order valence-corrected chi connectivity index (χ0v) is 11.7. The molecule has 0 atom stereocenters. The topological polar surface area (TPSA) is 55.1 Å². The molecule has 0 bridgehead atoms. The third kappa shape index (κ3) is 3.40. The van der Waals surface area contributed by atoms with Crippen LogP contribution >= 0.6 is 23.2 Å². The van der Waals surface area contributed by atoms with Crippen molar-refractivity contribution in [1.82, 2.24) is 0 Å². The van der Waals surface area contributed by atoms with Crippen LogP contribution < -0.4 is 11.1 Å². The van der Waals surface area contributed by atoms with Gasteiger partial charge in [0, 0.05) is 27.0 Å². The van der Waals surface area contributed by atoms with Crippen LogP contribution in [0.2, 0.25) is 10.0 Å². The predicted octanol–water partition coefficient (Wildman–Crippen LogP) is 4.14. The summed E-state index contributed by atoms with van der Waals surface area (Å²) in [6.07, 6.45) is 0. The first-order valence-corrected chi connectivity index (χ1v) is 6.35. The van der Waals surface area contributed by atoms with Gasteiger partial charge in [0.1, 0.15) is 0 Å². The molecule has 19 heavy (non-hydrogen) atoms. The molecule has 0 spiro atoms. The van der Waals surface area contributed by atoms with E-state index in [0.29, 0.717) is 27.0 Å². The molecule has 0 aromatic heterocycles. The third-order valence-corrected chi connectivity index (χ3v) is 3.09. The minimum Gasteiger partial charge on any atom is -0.399 e.